The molecule has 1 aromatic rings. The number of fused-ring (bicyclic) bond motifs is 1. The fraction of sp³-hybridized carbons (Fsp3) is 0.273. The summed E-state index contributed by atoms with van der Waals surface area (Å²) < 4.78 is 23.0. The summed E-state index contributed by atoms with van der Waals surface area (Å²) in [5.74, 6) is 0. The second-order valence-corrected chi connectivity index (χ2v) is 5.38. The predicted octanol–water partition coefficient (Wildman–Crippen LogP) is 1.21. The number of hydrogen-bond donors (Lipinski definition) is 1. The van der Waals surface area contributed by atoms with Crippen molar-refractivity contribution in [3.8, 4) is 0 Å². The van der Waals surface area contributed by atoms with Gasteiger partial charge in [0.1, 0.15) is 0 Å². The van der Waals surface area contributed by atoms with Crippen LogP contribution in [-0.2, 0) is 16.3 Å². The number of sulfone groups is 1. The van der Waals surface area contributed by atoms with Crippen LogP contribution in [0.5, 0.6) is 0 Å². The monoisotopic (exact) mass is 223 g/mol. The molecule has 4 heteroatoms. The first-order chi connectivity index (χ1) is 7.13. The van der Waals surface area contributed by atoms with E-state index in [9.17, 15) is 8.42 Å². The van der Waals surface area contributed by atoms with Crippen molar-refractivity contribution in [3.63, 3.8) is 0 Å². The van der Waals surface area contributed by atoms with Gasteiger partial charge in [-0.2, -0.15) is 0 Å². The Hall–Kier alpha value is -1.13. The Morgan fingerprint density at radius 2 is 2.13 bits per heavy atom. The Morgan fingerprint density at radius 3 is 2.87 bits per heavy atom. The zero-order valence-electron chi connectivity index (χ0n) is 8.53. The largest absolute Gasteiger partial charge is 0.319 e. The fourth-order valence-corrected chi connectivity index (χ4v) is 2.83. The van der Waals surface area contributed by atoms with Crippen LogP contribution in [-0.4, -0.2) is 22.0 Å². The highest BCUT2D eigenvalue weighted by Gasteiger charge is 2.19. The number of rotatable bonds is 3. The lowest BCUT2D eigenvalue weighted by molar-refractivity contribution is 0.605. The zero-order valence-corrected chi connectivity index (χ0v) is 9.34. The van der Waals surface area contributed by atoms with Crippen LogP contribution in [0, 0.1) is 0 Å². The molecule has 1 heterocycles. The number of hydrogen-bond acceptors (Lipinski definition) is 3. The van der Waals surface area contributed by atoms with Crippen LogP contribution < -0.4 is 5.32 Å². The van der Waals surface area contributed by atoms with Gasteiger partial charge in [0.15, 0.2) is 9.84 Å². The van der Waals surface area contributed by atoms with Crippen LogP contribution in [0.4, 0.5) is 0 Å². The van der Waals surface area contributed by atoms with E-state index in [4.69, 9.17) is 0 Å². The van der Waals surface area contributed by atoms with Crippen molar-refractivity contribution in [2.45, 2.75) is 11.3 Å². The van der Waals surface area contributed by atoms with Crippen LogP contribution in [0.2, 0.25) is 0 Å². The molecule has 2 rings (SSSR count). The average Bonchev–Trinajstić information content (AvgIpc) is 2.52. The normalized spacial score (nSPS) is 16.6. The SMILES string of the molecule is CNCCc1ccc2c(c1)C=CS2(=O)=O. The molecular weight excluding hydrogens is 210 g/mol. The third-order valence-electron chi connectivity index (χ3n) is 2.47. The van der Waals surface area contributed by atoms with Crippen LogP contribution >= 0.6 is 0 Å². The van der Waals surface area contributed by atoms with E-state index in [2.05, 4.69) is 5.32 Å². The summed E-state index contributed by atoms with van der Waals surface area (Å²) in [6.45, 7) is 0.898. The molecule has 0 fully saturated rings. The molecular formula is C11H13NO2S. The van der Waals surface area contributed by atoms with Gasteiger partial charge in [-0.3, -0.25) is 0 Å². The lowest BCUT2D eigenvalue weighted by Gasteiger charge is -2.03. The second-order valence-electron chi connectivity index (χ2n) is 3.57. The van der Waals surface area contributed by atoms with Gasteiger partial charge in [0.05, 0.1) is 4.90 Å². The predicted molar refractivity (Wildman–Crippen MR) is 60.3 cm³/mol. The summed E-state index contributed by atoms with van der Waals surface area (Å²) in [6, 6.07) is 5.50. The Labute approximate surface area is 89.7 Å². The first-order valence-corrected chi connectivity index (χ1v) is 6.39. The van der Waals surface area contributed by atoms with Crippen molar-refractivity contribution in [1.29, 1.82) is 0 Å². The molecule has 0 aliphatic carbocycles. The molecule has 15 heavy (non-hydrogen) atoms. The van der Waals surface area contributed by atoms with E-state index in [1.807, 2.05) is 19.2 Å². The molecule has 0 unspecified atom stereocenters. The first kappa shape index (κ1) is 10.4. The minimum absolute atomic E-state index is 0.427. The molecule has 0 radical (unpaired) electrons. The number of benzene rings is 1. The first-order valence-electron chi connectivity index (χ1n) is 4.84. The van der Waals surface area contributed by atoms with E-state index in [0.717, 1.165) is 24.1 Å². The van der Waals surface area contributed by atoms with Crippen LogP contribution in [0.3, 0.4) is 0 Å². The lowest BCUT2D eigenvalue weighted by atomic mass is 10.1. The van der Waals surface area contributed by atoms with Gasteiger partial charge in [-0.1, -0.05) is 12.1 Å². The third kappa shape index (κ3) is 1.96. The summed E-state index contributed by atoms with van der Waals surface area (Å²) in [6.07, 6.45) is 2.57. The van der Waals surface area contributed by atoms with Crippen molar-refractivity contribution in [1.82, 2.24) is 5.32 Å². The standard InChI is InChI=1S/C11H13NO2S/c1-12-6-4-9-2-3-11-10(8-9)5-7-15(11,13)14/h2-3,5,7-8,12H,4,6H2,1H3. The molecule has 0 aromatic heterocycles. The summed E-state index contributed by atoms with van der Waals surface area (Å²) in [5.41, 5.74) is 1.97. The summed E-state index contributed by atoms with van der Waals surface area (Å²) in [7, 11) is -1.24. The van der Waals surface area contributed by atoms with Gasteiger partial charge in [-0.15, -0.1) is 0 Å². The number of likely N-dealkylation sites (N-methyl/N-ethyl adjacent to an activating group) is 1. The Kier molecular flexibility index (Phi) is 2.63. The molecule has 0 saturated heterocycles. The molecule has 1 aliphatic heterocycles. The zero-order chi connectivity index (χ0) is 10.9. The number of nitrogens with one attached hydrogen (secondary N) is 1. The summed E-state index contributed by atoms with van der Waals surface area (Å²) >= 11 is 0. The minimum Gasteiger partial charge on any atom is -0.319 e. The molecule has 0 bridgehead atoms. The van der Waals surface area contributed by atoms with Gasteiger partial charge in [0.25, 0.3) is 0 Å². The van der Waals surface area contributed by atoms with E-state index in [1.54, 1.807) is 12.1 Å². The van der Waals surface area contributed by atoms with Crippen molar-refractivity contribution < 1.29 is 8.42 Å². The van der Waals surface area contributed by atoms with Crippen molar-refractivity contribution in [2.24, 2.45) is 0 Å². The third-order valence-corrected chi connectivity index (χ3v) is 3.95. The van der Waals surface area contributed by atoms with Gasteiger partial charge in [-0.25, -0.2) is 8.42 Å². The lowest BCUT2D eigenvalue weighted by Crippen LogP contribution is -2.10. The molecule has 0 spiro atoms. The van der Waals surface area contributed by atoms with Crippen molar-refractivity contribution in [3.05, 3.63) is 34.7 Å². The molecule has 0 saturated carbocycles. The maximum absolute atomic E-state index is 11.5. The van der Waals surface area contributed by atoms with Gasteiger partial charge < -0.3 is 5.32 Å². The van der Waals surface area contributed by atoms with E-state index in [1.165, 1.54) is 5.41 Å². The average molecular weight is 223 g/mol. The van der Waals surface area contributed by atoms with Gasteiger partial charge >= 0.3 is 0 Å². The highest BCUT2D eigenvalue weighted by Crippen LogP contribution is 2.27. The van der Waals surface area contributed by atoms with Crippen LogP contribution in [0.1, 0.15) is 11.1 Å². The van der Waals surface area contributed by atoms with Crippen LogP contribution in [0.15, 0.2) is 28.5 Å². The fourth-order valence-electron chi connectivity index (χ4n) is 1.65. The second kappa shape index (κ2) is 3.79. The van der Waals surface area contributed by atoms with E-state index in [-0.39, 0.29) is 0 Å². The summed E-state index contributed by atoms with van der Waals surface area (Å²) in [5, 5.41) is 4.33. The Bertz CT molecular complexity index is 503. The molecule has 80 valence electrons. The topological polar surface area (TPSA) is 46.2 Å². The van der Waals surface area contributed by atoms with Crippen molar-refractivity contribution >= 4 is 15.9 Å². The summed E-state index contributed by atoms with van der Waals surface area (Å²) in [4.78, 5) is 0.427. The van der Waals surface area contributed by atoms with Gasteiger partial charge in [0.2, 0.25) is 0 Å². The van der Waals surface area contributed by atoms with Gasteiger partial charge in [-0.05, 0) is 43.3 Å². The highest BCUT2D eigenvalue weighted by atomic mass is 32.2. The van der Waals surface area contributed by atoms with E-state index in [0.29, 0.717) is 4.90 Å². The maximum atomic E-state index is 11.5. The molecule has 0 atom stereocenters. The molecule has 1 aromatic carbocycles. The van der Waals surface area contributed by atoms with Crippen molar-refractivity contribution in [2.75, 3.05) is 13.6 Å². The van der Waals surface area contributed by atoms with Gasteiger partial charge in [0, 0.05) is 5.41 Å². The van der Waals surface area contributed by atoms with E-state index >= 15 is 0 Å². The van der Waals surface area contributed by atoms with Crippen LogP contribution in [0.25, 0.3) is 6.08 Å². The van der Waals surface area contributed by atoms with E-state index < -0.39 is 9.84 Å². The highest BCUT2D eigenvalue weighted by molar-refractivity contribution is 7.94. The maximum Gasteiger partial charge on any atom is 0.200 e. The molecule has 0 amide bonds. The Morgan fingerprint density at radius 1 is 1.33 bits per heavy atom. The molecule has 1 N–H and O–H groups in total. The quantitative estimate of drug-likeness (QED) is 0.837. The molecule has 3 nitrogen and oxygen atoms in total. The Balaban J connectivity index is 2.34. The minimum atomic E-state index is -3.14. The molecule has 1 aliphatic rings. The smallest absolute Gasteiger partial charge is 0.200 e.